The number of rotatable bonds is 3. The first-order valence-corrected chi connectivity index (χ1v) is 8.23. The van der Waals surface area contributed by atoms with Gasteiger partial charge in [-0.25, -0.2) is 4.98 Å². The number of thiazole rings is 1. The third-order valence-electron chi connectivity index (χ3n) is 3.32. The normalized spacial score (nSPS) is 10.9. The van der Waals surface area contributed by atoms with Crippen LogP contribution in [0.15, 0.2) is 41.9 Å². The number of hydrogen-bond acceptors (Lipinski definition) is 3. The monoisotopic (exact) mass is 345 g/mol. The highest BCUT2D eigenvalue weighted by atomic mass is 79.9. The van der Waals surface area contributed by atoms with Gasteiger partial charge < -0.3 is 0 Å². The van der Waals surface area contributed by atoms with E-state index in [1.807, 2.05) is 29.8 Å². The third-order valence-corrected chi connectivity index (χ3v) is 4.79. The van der Waals surface area contributed by atoms with Crippen LogP contribution in [0.2, 0.25) is 0 Å². The van der Waals surface area contributed by atoms with Gasteiger partial charge in [-0.1, -0.05) is 52.3 Å². The molecule has 2 aromatic carbocycles. The molecule has 3 aromatic rings. The van der Waals surface area contributed by atoms with Crippen LogP contribution in [0.1, 0.15) is 15.9 Å². The standard InChI is InChI=1S/C16H12BrNOS/c1-10-2-7-13(15-16(10)20-9-18-15)11-3-5-12(6-4-11)14(19)8-17/h2-7,9H,8H2,1H3. The molecular weight excluding hydrogens is 334 g/mol. The number of carbonyl (C=O) groups is 1. The van der Waals surface area contributed by atoms with Gasteiger partial charge in [0.2, 0.25) is 0 Å². The lowest BCUT2D eigenvalue weighted by Crippen LogP contribution is -1.99. The molecule has 0 radical (unpaired) electrons. The fraction of sp³-hybridized carbons (Fsp3) is 0.125. The molecule has 1 heterocycles. The first kappa shape index (κ1) is 13.5. The van der Waals surface area contributed by atoms with Crippen molar-refractivity contribution in [3.63, 3.8) is 0 Å². The molecule has 0 aliphatic rings. The van der Waals surface area contributed by atoms with Gasteiger partial charge >= 0.3 is 0 Å². The zero-order chi connectivity index (χ0) is 14.1. The van der Waals surface area contributed by atoms with Gasteiger partial charge in [-0.2, -0.15) is 0 Å². The highest BCUT2D eigenvalue weighted by Crippen LogP contribution is 2.32. The zero-order valence-corrected chi connectivity index (χ0v) is 13.3. The van der Waals surface area contributed by atoms with Crippen molar-refractivity contribution < 1.29 is 4.79 Å². The van der Waals surface area contributed by atoms with E-state index in [9.17, 15) is 4.79 Å². The lowest BCUT2D eigenvalue weighted by molar-refractivity contribution is 0.102. The highest BCUT2D eigenvalue weighted by Gasteiger charge is 2.09. The van der Waals surface area contributed by atoms with E-state index in [0.717, 1.165) is 22.2 Å². The summed E-state index contributed by atoms with van der Waals surface area (Å²) >= 11 is 4.86. The maximum atomic E-state index is 11.6. The molecule has 20 heavy (non-hydrogen) atoms. The minimum Gasteiger partial charge on any atom is -0.293 e. The second kappa shape index (κ2) is 5.46. The second-order valence-electron chi connectivity index (χ2n) is 4.59. The van der Waals surface area contributed by atoms with Crippen molar-refractivity contribution in [2.75, 3.05) is 5.33 Å². The van der Waals surface area contributed by atoms with E-state index in [4.69, 9.17) is 0 Å². The molecule has 0 fully saturated rings. The van der Waals surface area contributed by atoms with Gasteiger partial charge in [0.1, 0.15) is 0 Å². The Morgan fingerprint density at radius 3 is 2.65 bits per heavy atom. The van der Waals surface area contributed by atoms with Crippen LogP contribution in [-0.2, 0) is 0 Å². The number of hydrogen-bond donors (Lipinski definition) is 0. The van der Waals surface area contributed by atoms with Gasteiger partial charge in [-0.3, -0.25) is 4.79 Å². The topological polar surface area (TPSA) is 30.0 Å². The minimum absolute atomic E-state index is 0.0965. The van der Waals surface area contributed by atoms with Gasteiger partial charge in [0.25, 0.3) is 0 Å². The largest absolute Gasteiger partial charge is 0.293 e. The van der Waals surface area contributed by atoms with E-state index in [1.54, 1.807) is 11.3 Å². The molecule has 0 saturated heterocycles. The summed E-state index contributed by atoms with van der Waals surface area (Å²) in [6, 6.07) is 11.9. The molecule has 0 N–H and O–H groups in total. The molecule has 0 aliphatic heterocycles. The van der Waals surface area contributed by atoms with E-state index in [-0.39, 0.29) is 5.78 Å². The summed E-state index contributed by atoms with van der Waals surface area (Å²) in [6.45, 7) is 2.10. The molecule has 4 heteroatoms. The van der Waals surface area contributed by atoms with E-state index in [1.165, 1.54) is 10.3 Å². The number of halogens is 1. The first-order valence-electron chi connectivity index (χ1n) is 6.23. The lowest BCUT2D eigenvalue weighted by Gasteiger charge is -2.05. The second-order valence-corrected chi connectivity index (χ2v) is 6.01. The Hall–Kier alpha value is -1.52. The molecule has 0 atom stereocenters. The Kier molecular flexibility index (Phi) is 3.68. The van der Waals surface area contributed by atoms with Crippen LogP contribution in [0.25, 0.3) is 21.3 Å². The van der Waals surface area contributed by atoms with Gasteiger partial charge in [-0.15, -0.1) is 11.3 Å². The molecule has 0 aliphatic carbocycles. The van der Waals surface area contributed by atoms with Crippen molar-refractivity contribution in [1.82, 2.24) is 4.98 Å². The molecular formula is C16H12BrNOS. The average Bonchev–Trinajstić information content (AvgIpc) is 2.97. The molecule has 3 rings (SSSR count). The summed E-state index contributed by atoms with van der Waals surface area (Å²) < 4.78 is 1.23. The molecule has 0 saturated carbocycles. The van der Waals surface area contributed by atoms with Crippen LogP contribution in [0.4, 0.5) is 0 Å². The third kappa shape index (κ3) is 2.30. The lowest BCUT2D eigenvalue weighted by atomic mass is 10.0. The maximum Gasteiger partial charge on any atom is 0.173 e. The van der Waals surface area contributed by atoms with Crippen molar-refractivity contribution in [3.8, 4) is 11.1 Å². The number of aromatic nitrogens is 1. The van der Waals surface area contributed by atoms with Gasteiger partial charge in [-0.05, 0) is 18.1 Å². The van der Waals surface area contributed by atoms with Gasteiger partial charge in [0, 0.05) is 11.1 Å². The van der Waals surface area contributed by atoms with Crippen molar-refractivity contribution in [2.45, 2.75) is 6.92 Å². The number of alkyl halides is 1. The summed E-state index contributed by atoms with van der Waals surface area (Å²) in [7, 11) is 0. The number of aryl methyl sites for hydroxylation is 1. The average molecular weight is 346 g/mol. The van der Waals surface area contributed by atoms with Crippen molar-refractivity contribution in [1.29, 1.82) is 0 Å². The SMILES string of the molecule is Cc1ccc(-c2ccc(C(=O)CBr)cc2)c2ncsc12. The smallest absolute Gasteiger partial charge is 0.173 e. The van der Waals surface area contributed by atoms with Crippen LogP contribution < -0.4 is 0 Å². The minimum atomic E-state index is 0.0965. The molecule has 0 bridgehead atoms. The summed E-state index contributed by atoms with van der Waals surface area (Å²) in [5.74, 6) is 0.0965. The van der Waals surface area contributed by atoms with Crippen molar-refractivity contribution in [3.05, 3.63) is 53.0 Å². The predicted octanol–water partition coefficient (Wildman–Crippen LogP) is 4.85. The van der Waals surface area contributed by atoms with Gasteiger partial charge in [0.15, 0.2) is 5.78 Å². The fourth-order valence-corrected chi connectivity index (χ4v) is 3.34. The van der Waals surface area contributed by atoms with E-state index < -0.39 is 0 Å². The molecule has 0 spiro atoms. The van der Waals surface area contributed by atoms with Crippen LogP contribution >= 0.6 is 27.3 Å². The molecule has 1 aromatic heterocycles. The predicted molar refractivity (Wildman–Crippen MR) is 87.9 cm³/mol. The summed E-state index contributed by atoms with van der Waals surface area (Å²) in [4.78, 5) is 16.1. The van der Waals surface area contributed by atoms with Crippen molar-refractivity contribution >= 4 is 43.3 Å². The maximum absolute atomic E-state index is 11.6. The Morgan fingerprint density at radius 2 is 1.95 bits per heavy atom. The number of Topliss-reactive ketones (excluding diaryl/α,β-unsaturated/α-hetero) is 1. The highest BCUT2D eigenvalue weighted by molar-refractivity contribution is 9.09. The van der Waals surface area contributed by atoms with E-state index in [2.05, 4.69) is 40.0 Å². The number of nitrogens with zero attached hydrogens (tertiary/aromatic N) is 1. The van der Waals surface area contributed by atoms with Gasteiger partial charge in [0.05, 0.1) is 21.1 Å². The summed E-state index contributed by atoms with van der Waals surface area (Å²) in [6.07, 6.45) is 0. The number of ketones is 1. The van der Waals surface area contributed by atoms with E-state index >= 15 is 0 Å². The zero-order valence-electron chi connectivity index (χ0n) is 10.9. The van der Waals surface area contributed by atoms with Crippen LogP contribution in [0.5, 0.6) is 0 Å². The molecule has 0 amide bonds. The Labute approximate surface area is 129 Å². The van der Waals surface area contributed by atoms with Crippen LogP contribution in [0.3, 0.4) is 0 Å². The molecule has 100 valence electrons. The molecule has 0 unspecified atom stereocenters. The van der Waals surface area contributed by atoms with Crippen molar-refractivity contribution in [2.24, 2.45) is 0 Å². The number of fused-ring (bicyclic) bond motifs is 1. The summed E-state index contributed by atoms with van der Waals surface area (Å²) in [5.41, 5.74) is 7.10. The Balaban J connectivity index is 2.09. The first-order chi connectivity index (χ1) is 9.70. The van der Waals surface area contributed by atoms with E-state index in [0.29, 0.717) is 5.33 Å². The van der Waals surface area contributed by atoms with Crippen LogP contribution in [0, 0.1) is 6.92 Å². The Morgan fingerprint density at radius 1 is 1.20 bits per heavy atom. The fourth-order valence-electron chi connectivity index (χ4n) is 2.23. The van der Waals surface area contributed by atoms with Crippen LogP contribution in [-0.4, -0.2) is 16.1 Å². The summed E-state index contributed by atoms with van der Waals surface area (Å²) in [5, 5.41) is 0.354. The number of benzene rings is 2. The number of carbonyl (C=O) groups excluding carboxylic acids is 1. The molecule has 2 nitrogen and oxygen atoms in total. The quantitative estimate of drug-likeness (QED) is 0.501. The Bertz CT molecular complexity index is 777.